The van der Waals surface area contributed by atoms with Gasteiger partial charge in [-0.3, -0.25) is 0 Å². The van der Waals surface area contributed by atoms with Gasteiger partial charge in [0, 0.05) is 11.4 Å². The van der Waals surface area contributed by atoms with E-state index in [1.807, 2.05) is 12.1 Å². The van der Waals surface area contributed by atoms with Crippen LogP contribution in [0.2, 0.25) is 0 Å². The fourth-order valence-corrected chi connectivity index (χ4v) is 2.76. The van der Waals surface area contributed by atoms with E-state index in [1.54, 1.807) is 0 Å². The van der Waals surface area contributed by atoms with Gasteiger partial charge in [0.2, 0.25) is 0 Å². The number of hydrogen-bond donors (Lipinski definition) is 3. The molecule has 0 unspecified atom stereocenters. The van der Waals surface area contributed by atoms with Crippen LogP contribution in [-0.4, -0.2) is 9.97 Å². The highest BCUT2D eigenvalue weighted by atomic mass is 15.1. The Hall–Kier alpha value is -3.08. The Morgan fingerprint density at radius 1 is 0.720 bits per heavy atom. The molecule has 0 aliphatic carbocycles. The zero-order chi connectivity index (χ0) is 18.0. The van der Waals surface area contributed by atoms with E-state index in [4.69, 9.17) is 5.73 Å². The summed E-state index contributed by atoms with van der Waals surface area (Å²) in [5, 5.41) is 6.60. The van der Waals surface area contributed by atoms with Crippen LogP contribution in [0.3, 0.4) is 0 Å². The summed E-state index contributed by atoms with van der Waals surface area (Å²) in [4.78, 5) is 8.58. The van der Waals surface area contributed by atoms with E-state index >= 15 is 0 Å². The van der Waals surface area contributed by atoms with Crippen molar-refractivity contribution < 1.29 is 0 Å². The number of anilines is 5. The summed E-state index contributed by atoms with van der Waals surface area (Å²) >= 11 is 0. The first-order valence-corrected chi connectivity index (χ1v) is 8.23. The normalized spacial score (nSPS) is 10.6. The lowest BCUT2D eigenvalue weighted by Gasteiger charge is -2.15. The monoisotopic (exact) mass is 333 g/mol. The topological polar surface area (TPSA) is 75.9 Å². The zero-order valence-electron chi connectivity index (χ0n) is 15.0. The van der Waals surface area contributed by atoms with Crippen LogP contribution in [0.25, 0.3) is 0 Å². The molecule has 0 saturated carbocycles. The number of nitrogens with zero attached hydrogens (tertiary/aromatic N) is 2. The van der Waals surface area contributed by atoms with Crippen molar-refractivity contribution in [1.82, 2.24) is 9.97 Å². The molecule has 0 fully saturated rings. The van der Waals surface area contributed by atoms with Gasteiger partial charge in [0.1, 0.15) is 12.0 Å². The molecule has 3 rings (SSSR count). The molecule has 0 aliphatic rings. The van der Waals surface area contributed by atoms with E-state index in [0.717, 1.165) is 22.5 Å². The fraction of sp³-hybridized carbons (Fsp3) is 0.200. The Labute approximate surface area is 148 Å². The second-order valence-electron chi connectivity index (χ2n) is 6.37. The number of benzene rings is 2. The molecule has 25 heavy (non-hydrogen) atoms. The van der Waals surface area contributed by atoms with E-state index in [2.05, 4.69) is 72.6 Å². The molecule has 0 aliphatic heterocycles. The predicted octanol–water partition coefficient (Wildman–Crippen LogP) is 4.78. The second-order valence-corrected chi connectivity index (χ2v) is 6.37. The minimum absolute atomic E-state index is 0.488. The highest BCUT2D eigenvalue weighted by molar-refractivity contribution is 5.81. The molecule has 5 nitrogen and oxygen atoms in total. The SMILES string of the molecule is Cc1ccc(Nc2ncnc(Nc3ccc(C)cc3C)c2N)c(C)c1. The zero-order valence-corrected chi connectivity index (χ0v) is 15.0. The maximum atomic E-state index is 6.29. The van der Waals surface area contributed by atoms with Gasteiger partial charge in [0.15, 0.2) is 11.6 Å². The molecule has 4 N–H and O–H groups in total. The van der Waals surface area contributed by atoms with Crippen LogP contribution in [0.4, 0.5) is 28.7 Å². The molecule has 0 atom stereocenters. The second kappa shape index (κ2) is 6.81. The van der Waals surface area contributed by atoms with Crippen molar-refractivity contribution in [2.45, 2.75) is 27.7 Å². The van der Waals surface area contributed by atoms with Crippen molar-refractivity contribution in [3.63, 3.8) is 0 Å². The molecule has 0 spiro atoms. The van der Waals surface area contributed by atoms with Gasteiger partial charge in [0.05, 0.1) is 0 Å². The van der Waals surface area contributed by atoms with Crippen LogP contribution in [0, 0.1) is 27.7 Å². The lowest BCUT2D eigenvalue weighted by Crippen LogP contribution is -2.06. The van der Waals surface area contributed by atoms with E-state index in [1.165, 1.54) is 17.5 Å². The van der Waals surface area contributed by atoms with Crippen LogP contribution in [0.15, 0.2) is 42.7 Å². The quantitative estimate of drug-likeness (QED) is 0.640. The minimum atomic E-state index is 0.488. The van der Waals surface area contributed by atoms with Crippen LogP contribution in [0.1, 0.15) is 22.3 Å². The van der Waals surface area contributed by atoms with Crippen LogP contribution >= 0.6 is 0 Å². The van der Waals surface area contributed by atoms with Crippen molar-refractivity contribution in [3.05, 3.63) is 65.0 Å². The van der Waals surface area contributed by atoms with Gasteiger partial charge in [-0.05, 0) is 51.0 Å². The number of nitrogens with two attached hydrogens (primary N) is 1. The summed E-state index contributed by atoms with van der Waals surface area (Å²) < 4.78 is 0. The first kappa shape index (κ1) is 16.8. The van der Waals surface area contributed by atoms with Crippen LogP contribution in [0.5, 0.6) is 0 Å². The van der Waals surface area contributed by atoms with Crippen molar-refractivity contribution in [1.29, 1.82) is 0 Å². The summed E-state index contributed by atoms with van der Waals surface area (Å²) in [6, 6.07) is 12.4. The molecule has 0 saturated heterocycles. The molecule has 0 bridgehead atoms. The Bertz CT molecular complexity index is 846. The molecule has 1 aromatic heterocycles. The minimum Gasteiger partial charge on any atom is -0.393 e. The molecular weight excluding hydrogens is 310 g/mol. The van der Waals surface area contributed by atoms with Gasteiger partial charge < -0.3 is 16.4 Å². The molecule has 128 valence electrons. The summed E-state index contributed by atoms with van der Waals surface area (Å²) in [6.45, 7) is 8.26. The molecular formula is C20H23N5. The van der Waals surface area contributed by atoms with Crippen LogP contribution < -0.4 is 16.4 Å². The molecule has 1 heterocycles. The van der Waals surface area contributed by atoms with Crippen molar-refractivity contribution >= 4 is 28.7 Å². The smallest absolute Gasteiger partial charge is 0.159 e. The summed E-state index contributed by atoms with van der Waals surface area (Å²) in [7, 11) is 0. The van der Waals surface area contributed by atoms with Crippen molar-refractivity contribution in [2.24, 2.45) is 0 Å². The third-order valence-electron chi connectivity index (χ3n) is 4.15. The molecule has 0 radical (unpaired) electrons. The fourth-order valence-electron chi connectivity index (χ4n) is 2.76. The van der Waals surface area contributed by atoms with Gasteiger partial charge in [-0.2, -0.15) is 0 Å². The third kappa shape index (κ3) is 3.71. The largest absolute Gasteiger partial charge is 0.393 e. The molecule has 0 amide bonds. The van der Waals surface area contributed by atoms with Gasteiger partial charge in [-0.1, -0.05) is 35.4 Å². The van der Waals surface area contributed by atoms with Crippen molar-refractivity contribution in [2.75, 3.05) is 16.4 Å². The van der Waals surface area contributed by atoms with Gasteiger partial charge in [-0.25, -0.2) is 9.97 Å². The number of hydrogen-bond acceptors (Lipinski definition) is 5. The lowest BCUT2D eigenvalue weighted by molar-refractivity contribution is 1.17. The predicted molar refractivity (Wildman–Crippen MR) is 105 cm³/mol. The average Bonchev–Trinajstić information content (AvgIpc) is 2.56. The maximum absolute atomic E-state index is 6.29. The van der Waals surface area contributed by atoms with Crippen LogP contribution in [-0.2, 0) is 0 Å². The molecule has 3 aromatic rings. The number of aromatic nitrogens is 2. The summed E-state index contributed by atoms with van der Waals surface area (Å²) in [5.74, 6) is 1.18. The standard InChI is InChI=1S/C20H23N5/c1-12-5-7-16(14(3)9-12)24-19-18(21)20(23-11-22-19)25-17-8-6-13(2)10-15(17)4/h5-11H,21H2,1-4H3,(H2,22,23,24,25). The molecule has 5 heteroatoms. The summed E-state index contributed by atoms with van der Waals surface area (Å²) in [6.07, 6.45) is 1.51. The van der Waals surface area contributed by atoms with Gasteiger partial charge in [-0.15, -0.1) is 0 Å². The highest BCUT2D eigenvalue weighted by Crippen LogP contribution is 2.30. The highest BCUT2D eigenvalue weighted by Gasteiger charge is 2.10. The Balaban J connectivity index is 1.89. The van der Waals surface area contributed by atoms with Gasteiger partial charge in [0.25, 0.3) is 0 Å². The number of rotatable bonds is 4. The maximum Gasteiger partial charge on any atom is 0.159 e. The first-order valence-electron chi connectivity index (χ1n) is 8.23. The van der Waals surface area contributed by atoms with E-state index in [0.29, 0.717) is 17.3 Å². The Morgan fingerprint density at radius 3 is 1.56 bits per heavy atom. The Kier molecular flexibility index (Phi) is 4.57. The van der Waals surface area contributed by atoms with Gasteiger partial charge >= 0.3 is 0 Å². The number of aryl methyl sites for hydroxylation is 4. The van der Waals surface area contributed by atoms with E-state index < -0.39 is 0 Å². The number of nitrogens with one attached hydrogen (secondary N) is 2. The van der Waals surface area contributed by atoms with E-state index in [9.17, 15) is 0 Å². The molecule has 2 aromatic carbocycles. The average molecular weight is 333 g/mol. The first-order chi connectivity index (χ1) is 11.9. The Morgan fingerprint density at radius 2 is 1.16 bits per heavy atom. The summed E-state index contributed by atoms with van der Waals surface area (Å²) in [5.41, 5.74) is 13.5. The third-order valence-corrected chi connectivity index (χ3v) is 4.15. The number of nitrogen functional groups attached to an aromatic ring is 1. The van der Waals surface area contributed by atoms with Crippen molar-refractivity contribution in [3.8, 4) is 0 Å². The van der Waals surface area contributed by atoms with E-state index in [-0.39, 0.29) is 0 Å². The lowest BCUT2D eigenvalue weighted by atomic mass is 10.1.